The number of methoxy groups -OCH3 is 3. The van der Waals surface area contributed by atoms with E-state index in [0.29, 0.717) is 10.9 Å². The van der Waals surface area contributed by atoms with Crippen LogP contribution in [-0.4, -0.2) is 49.6 Å². The van der Waals surface area contributed by atoms with Gasteiger partial charge >= 0.3 is 5.97 Å². The van der Waals surface area contributed by atoms with Gasteiger partial charge in [0.25, 0.3) is 11.3 Å². The molecule has 0 heterocycles. The van der Waals surface area contributed by atoms with E-state index in [1.807, 2.05) is 52.0 Å². The molecule has 0 bridgehead atoms. The molecule has 0 aliphatic heterocycles. The van der Waals surface area contributed by atoms with E-state index in [1.54, 1.807) is 28.1 Å². The van der Waals surface area contributed by atoms with Gasteiger partial charge in [-0.25, -0.2) is 4.21 Å². The van der Waals surface area contributed by atoms with Crippen LogP contribution in [0.3, 0.4) is 0 Å². The van der Waals surface area contributed by atoms with E-state index in [0.717, 1.165) is 11.3 Å². The summed E-state index contributed by atoms with van der Waals surface area (Å²) < 4.78 is 37.5. The number of rotatable bonds is 5. The molecule has 0 aliphatic carbocycles. The molecule has 1 atom stereocenters. The van der Waals surface area contributed by atoms with E-state index in [9.17, 15) is 9.00 Å². The van der Waals surface area contributed by atoms with Gasteiger partial charge in [-0.05, 0) is 43.8 Å². The summed E-state index contributed by atoms with van der Waals surface area (Å²) in [5, 5.41) is 0.588. The molecule has 1 unspecified atom stereocenters. The number of carbonyl (C=O) groups excluding carboxylic acids is 1. The van der Waals surface area contributed by atoms with Crippen LogP contribution < -0.4 is 4.74 Å². The summed E-state index contributed by atoms with van der Waals surface area (Å²) in [6, 6.07) is 7.48. The quantitative estimate of drug-likeness (QED) is 0.258. The standard InChI is InChI=1S/C12H16O3.C4H9NO3S.C3H6OS.C2H6/c1-9(13)15-12(2,3)10-5-7-11(14-4)8-6-10;1-4(7-2)5-9(6)8-3;1-3(5)4-2;1-2/h5-8H,1-4H3;1-3H3;1-2H3;1-2H3. The number of benzene rings is 1. The lowest BCUT2D eigenvalue weighted by Crippen LogP contribution is -2.24. The van der Waals surface area contributed by atoms with Crippen LogP contribution in [0, 0.1) is 0 Å². The van der Waals surface area contributed by atoms with Crippen molar-refractivity contribution >= 4 is 40.4 Å². The first-order valence-electron chi connectivity index (χ1n) is 9.37. The molecule has 1 aromatic rings. The van der Waals surface area contributed by atoms with Crippen molar-refractivity contribution < 1.29 is 32.1 Å². The molecule has 0 spiro atoms. The zero-order valence-corrected chi connectivity index (χ0v) is 22.1. The highest BCUT2D eigenvalue weighted by Crippen LogP contribution is 2.26. The number of carbonyl (C=O) groups is 1. The van der Waals surface area contributed by atoms with Gasteiger partial charge in [-0.1, -0.05) is 26.0 Å². The zero-order valence-electron chi connectivity index (χ0n) is 20.4. The Hall–Kier alpha value is -2.04. The van der Waals surface area contributed by atoms with Crippen LogP contribution in [-0.2, 0) is 40.1 Å². The van der Waals surface area contributed by atoms with Gasteiger partial charge in [0.15, 0.2) is 10.9 Å². The van der Waals surface area contributed by atoms with Crippen LogP contribution in [0.5, 0.6) is 5.75 Å². The third-order valence-corrected chi connectivity index (χ3v) is 3.97. The first-order valence-corrected chi connectivity index (χ1v) is 10.8. The summed E-state index contributed by atoms with van der Waals surface area (Å²) in [4.78, 5) is 10.9. The van der Waals surface area contributed by atoms with E-state index in [-0.39, 0.29) is 5.97 Å². The van der Waals surface area contributed by atoms with Crippen LogP contribution in [0.1, 0.15) is 54.0 Å². The van der Waals surface area contributed by atoms with E-state index in [2.05, 4.69) is 30.3 Å². The van der Waals surface area contributed by atoms with Gasteiger partial charge in [-0.15, -0.1) is 4.40 Å². The van der Waals surface area contributed by atoms with Gasteiger partial charge in [0, 0.05) is 20.8 Å². The van der Waals surface area contributed by atoms with Crippen molar-refractivity contribution in [3.63, 3.8) is 0 Å². The lowest BCUT2D eigenvalue weighted by molar-refractivity contribution is -0.154. The molecule has 10 heteroatoms. The van der Waals surface area contributed by atoms with Gasteiger partial charge in [0.1, 0.15) is 11.4 Å². The Morgan fingerprint density at radius 1 is 0.968 bits per heavy atom. The van der Waals surface area contributed by atoms with E-state index in [4.69, 9.17) is 9.47 Å². The summed E-state index contributed by atoms with van der Waals surface area (Å²) in [6.07, 6.45) is 0. The van der Waals surface area contributed by atoms with Crippen molar-refractivity contribution in [1.82, 2.24) is 0 Å². The molecule has 0 N–H and O–H groups in total. The van der Waals surface area contributed by atoms with Crippen LogP contribution in [0.2, 0.25) is 0 Å². The maximum absolute atomic E-state index is 10.9. The largest absolute Gasteiger partial charge is 0.497 e. The van der Waals surface area contributed by atoms with Crippen molar-refractivity contribution in [3.8, 4) is 5.75 Å². The molecular weight excluding hydrogens is 442 g/mol. The summed E-state index contributed by atoms with van der Waals surface area (Å²) in [5.74, 6) is 0.850. The Balaban J connectivity index is -0.000000417. The molecular formula is C21H37NO7S2. The number of hydrogen-bond acceptors (Lipinski definition) is 8. The van der Waals surface area contributed by atoms with Gasteiger partial charge in [-0.3, -0.25) is 8.98 Å². The molecule has 0 aromatic heterocycles. The smallest absolute Gasteiger partial charge is 0.303 e. The lowest BCUT2D eigenvalue weighted by atomic mass is 9.98. The third kappa shape index (κ3) is 19.7. The summed E-state index contributed by atoms with van der Waals surface area (Å²) in [6.45, 7) is 12.4. The van der Waals surface area contributed by atoms with Crippen molar-refractivity contribution in [3.05, 3.63) is 29.8 Å². The zero-order chi connectivity index (χ0) is 25.0. The van der Waals surface area contributed by atoms with Crippen LogP contribution in [0.25, 0.3) is 0 Å². The van der Waals surface area contributed by atoms with Gasteiger partial charge in [-0.2, -0.15) is 0 Å². The van der Waals surface area contributed by atoms with E-state index < -0.39 is 16.9 Å². The molecule has 0 amide bonds. The molecule has 1 aromatic carbocycles. The second kappa shape index (κ2) is 19.9. The van der Waals surface area contributed by atoms with Crippen molar-refractivity contribution in [2.24, 2.45) is 4.40 Å². The van der Waals surface area contributed by atoms with Crippen LogP contribution in [0.4, 0.5) is 0 Å². The topological polar surface area (TPSA) is 92.7 Å². The lowest BCUT2D eigenvalue weighted by Gasteiger charge is -2.25. The second-order valence-corrected chi connectivity index (χ2v) is 7.25. The molecule has 0 radical (unpaired) electrons. The van der Waals surface area contributed by atoms with E-state index in [1.165, 1.54) is 21.1 Å². The fraction of sp³-hybridized carbons (Fsp3) is 0.571. The Morgan fingerprint density at radius 3 is 1.71 bits per heavy atom. The first kappa shape index (κ1) is 33.6. The van der Waals surface area contributed by atoms with Crippen LogP contribution >= 0.6 is 12.2 Å². The molecule has 0 saturated heterocycles. The van der Waals surface area contributed by atoms with Gasteiger partial charge < -0.3 is 18.9 Å². The van der Waals surface area contributed by atoms with Crippen molar-refractivity contribution in [2.45, 2.75) is 54.1 Å². The third-order valence-electron chi connectivity index (χ3n) is 3.11. The predicted molar refractivity (Wildman–Crippen MR) is 130 cm³/mol. The Morgan fingerprint density at radius 2 is 1.42 bits per heavy atom. The Bertz CT molecular complexity index is 675. The average Bonchev–Trinajstić information content (AvgIpc) is 2.74. The number of esters is 1. The number of ether oxygens (including phenoxy) is 4. The number of nitrogens with zero attached hydrogens (tertiary/aromatic N) is 1. The van der Waals surface area contributed by atoms with Crippen molar-refractivity contribution in [2.75, 3.05) is 28.4 Å². The average molecular weight is 480 g/mol. The highest BCUT2D eigenvalue weighted by Gasteiger charge is 2.23. The first-order chi connectivity index (χ1) is 14.4. The Kier molecular flexibility index (Phi) is 21.6. The SMILES string of the molecule is CC.COC(C)=NS(=O)OC.COC(C)=S.COc1ccc(C(C)(C)OC(C)=O)cc1. The fourth-order valence-corrected chi connectivity index (χ4v) is 1.95. The highest BCUT2D eigenvalue weighted by molar-refractivity contribution is 7.80. The Labute approximate surface area is 195 Å². The minimum atomic E-state index is -1.59. The molecule has 180 valence electrons. The molecule has 0 fully saturated rings. The van der Waals surface area contributed by atoms with Crippen LogP contribution in [0.15, 0.2) is 28.7 Å². The minimum Gasteiger partial charge on any atom is -0.497 e. The monoisotopic (exact) mass is 479 g/mol. The normalized spacial score (nSPS) is 11.0. The summed E-state index contributed by atoms with van der Waals surface area (Å²) in [7, 11) is 5.93. The minimum absolute atomic E-state index is 0.282. The van der Waals surface area contributed by atoms with Gasteiger partial charge in [0.05, 0.1) is 28.4 Å². The number of hydrogen-bond donors (Lipinski definition) is 0. The fourth-order valence-electron chi connectivity index (χ4n) is 1.59. The highest BCUT2D eigenvalue weighted by atomic mass is 32.2. The maximum Gasteiger partial charge on any atom is 0.303 e. The molecule has 8 nitrogen and oxygen atoms in total. The van der Waals surface area contributed by atoms with E-state index >= 15 is 0 Å². The molecule has 31 heavy (non-hydrogen) atoms. The number of thiocarbonyl (C=S) groups is 1. The molecule has 0 aliphatic rings. The van der Waals surface area contributed by atoms with Gasteiger partial charge in [0.2, 0.25) is 0 Å². The van der Waals surface area contributed by atoms with Crippen molar-refractivity contribution in [1.29, 1.82) is 0 Å². The molecule has 1 rings (SSSR count). The summed E-state index contributed by atoms with van der Waals surface area (Å²) in [5.41, 5.74) is 0.344. The predicted octanol–water partition coefficient (Wildman–Crippen LogP) is 4.78. The maximum atomic E-state index is 10.9. The second-order valence-electron chi connectivity index (χ2n) is 5.73. The molecule has 0 saturated carbocycles. The summed E-state index contributed by atoms with van der Waals surface area (Å²) >= 11 is 2.88.